The topological polar surface area (TPSA) is 55.6 Å². The summed E-state index contributed by atoms with van der Waals surface area (Å²) in [6.45, 7) is 0.531. The van der Waals surface area contributed by atoms with Gasteiger partial charge in [0.25, 0.3) is 0 Å². The van der Waals surface area contributed by atoms with Crippen molar-refractivity contribution in [3.63, 3.8) is 0 Å². The normalized spacial score (nSPS) is 10.4. The van der Waals surface area contributed by atoms with Gasteiger partial charge in [-0.25, -0.2) is 0 Å². The summed E-state index contributed by atoms with van der Waals surface area (Å²) in [4.78, 5) is 0. The largest absolute Gasteiger partial charge is 0.378 e. The number of aromatic nitrogens is 4. The summed E-state index contributed by atoms with van der Waals surface area (Å²) in [6, 6.07) is 17.3. The third-order valence-corrected chi connectivity index (χ3v) is 3.08. The lowest BCUT2D eigenvalue weighted by Crippen LogP contribution is -2.08. The van der Waals surface area contributed by atoms with Gasteiger partial charge in [-0.1, -0.05) is 29.8 Å². The smallest absolute Gasteiger partial charge is 0.175 e. The van der Waals surface area contributed by atoms with E-state index in [-0.39, 0.29) is 0 Å². The number of tetrazole rings is 1. The van der Waals surface area contributed by atoms with Crippen LogP contribution in [0.15, 0.2) is 54.6 Å². The van der Waals surface area contributed by atoms with Crippen LogP contribution in [-0.2, 0) is 6.54 Å². The molecule has 1 aromatic heterocycles. The van der Waals surface area contributed by atoms with E-state index in [0.717, 1.165) is 17.2 Å². The van der Waals surface area contributed by atoms with Crippen LogP contribution in [0.25, 0.3) is 5.69 Å². The molecule has 5 nitrogen and oxygen atoms in total. The number of rotatable bonds is 4. The lowest BCUT2D eigenvalue weighted by Gasteiger charge is -2.07. The van der Waals surface area contributed by atoms with Crippen molar-refractivity contribution in [2.75, 3.05) is 5.32 Å². The lowest BCUT2D eigenvalue weighted by atomic mass is 10.3. The van der Waals surface area contributed by atoms with Gasteiger partial charge in [-0.2, -0.15) is 4.68 Å². The van der Waals surface area contributed by atoms with Crippen molar-refractivity contribution in [3.8, 4) is 5.69 Å². The molecule has 2 aromatic carbocycles. The summed E-state index contributed by atoms with van der Waals surface area (Å²) < 4.78 is 1.71. The standard InChI is InChI=1S/C14H12ClN5/c15-11-6-8-12(9-7-11)16-10-14-17-18-19-20(14)13-4-2-1-3-5-13/h1-9,16H,10H2. The predicted molar refractivity (Wildman–Crippen MR) is 77.9 cm³/mol. The third kappa shape index (κ3) is 2.78. The van der Waals surface area contributed by atoms with E-state index in [1.165, 1.54) is 0 Å². The molecular weight excluding hydrogens is 274 g/mol. The van der Waals surface area contributed by atoms with Gasteiger partial charge in [0, 0.05) is 10.7 Å². The molecule has 1 heterocycles. The number of nitrogens with zero attached hydrogens (tertiary/aromatic N) is 4. The van der Waals surface area contributed by atoms with E-state index in [1.54, 1.807) is 4.68 Å². The second-order valence-corrected chi connectivity index (χ2v) is 4.64. The van der Waals surface area contributed by atoms with Crippen molar-refractivity contribution in [1.29, 1.82) is 0 Å². The summed E-state index contributed by atoms with van der Waals surface area (Å²) in [6.07, 6.45) is 0. The highest BCUT2D eigenvalue weighted by Crippen LogP contribution is 2.14. The van der Waals surface area contributed by atoms with Crippen molar-refractivity contribution in [1.82, 2.24) is 20.2 Å². The SMILES string of the molecule is Clc1ccc(NCc2nnnn2-c2ccccc2)cc1. The summed E-state index contributed by atoms with van der Waals surface area (Å²) in [5.74, 6) is 0.742. The first kappa shape index (κ1) is 12.6. The number of para-hydroxylation sites is 1. The summed E-state index contributed by atoms with van der Waals surface area (Å²) in [5, 5.41) is 15.7. The van der Waals surface area contributed by atoms with Crippen molar-refractivity contribution >= 4 is 17.3 Å². The summed E-state index contributed by atoms with van der Waals surface area (Å²) in [5.41, 5.74) is 1.91. The molecular formula is C14H12ClN5. The molecule has 0 aliphatic rings. The molecule has 0 saturated heterocycles. The fourth-order valence-corrected chi connectivity index (χ4v) is 1.96. The molecule has 0 aliphatic heterocycles. The van der Waals surface area contributed by atoms with Crippen molar-refractivity contribution < 1.29 is 0 Å². The highest BCUT2D eigenvalue weighted by Gasteiger charge is 2.07. The van der Waals surface area contributed by atoms with E-state index in [4.69, 9.17) is 11.6 Å². The van der Waals surface area contributed by atoms with E-state index in [9.17, 15) is 0 Å². The first-order valence-corrected chi connectivity index (χ1v) is 6.53. The lowest BCUT2D eigenvalue weighted by molar-refractivity contribution is 0.768. The molecule has 0 amide bonds. The number of hydrogen-bond acceptors (Lipinski definition) is 4. The zero-order valence-electron chi connectivity index (χ0n) is 10.6. The molecule has 0 aliphatic carbocycles. The molecule has 0 fully saturated rings. The first-order valence-electron chi connectivity index (χ1n) is 6.15. The second kappa shape index (κ2) is 5.71. The fourth-order valence-electron chi connectivity index (χ4n) is 1.83. The van der Waals surface area contributed by atoms with Gasteiger partial charge in [0.15, 0.2) is 5.82 Å². The van der Waals surface area contributed by atoms with Gasteiger partial charge in [-0.05, 0) is 46.8 Å². The summed E-state index contributed by atoms with van der Waals surface area (Å²) >= 11 is 5.85. The summed E-state index contributed by atoms with van der Waals surface area (Å²) in [7, 11) is 0. The zero-order valence-corrected chi connectivity index (χ0v) is 11.3. The Balaban J connectivity index is 1.76. The van der Waals surface area contributed by atoms with Gasteiger partial charge in [-0.3, -0.25) is 0 Å². The molecule has 20 heavy (non-hydrogen) atoms. The maximum atomic E-state index is 5.85. The van der Waals surface area contributed by atoms with Gasteiger partial charge in [0.1, 0.15) is 0 Å². The van der Waals surface area contributed by atoms with E-state index in [1.807, 2.05) is 54.6 Å². The van der Waals surface area contributed by atoms with Gasteiger partial charge >= 0.3 is 0 Å². The Morgan fingerprint density at radius 1 is 1.00 bits per heavy atom. The molecule has 0 saturated carbocycles. The molecule has 0 atom stereocenters. The van der Waals surface area contributed by atoms with E-state index in [2.05, 4.69) is 20.8 Å². The monoisotopic (exact) mass is 285 g/mol. The van der Waals surface area contributed by atoms with Crippen LogP contribution in [0.2, 0.25) is 5.02 Å². The Hall–Kier alpha value is -2.40. The van der Waals surface area contributed by atoms with Gasteiger partial charge < -0.3 is 5.32 Å². The van der Waals surface area contributed by atoms with E-state index < -0.39 is 0 Å². The average molecular weight is 286 g/mol. The van der Waals surface area contributed by atoms with Crippen LogP contribution in [-0.4, -0.2) is 20.2 Å². The molecule has 0 bridgehead atoms. The van der Waals surface area contributed by atoms with Crippen molar-refractivity contribution in [3.05, 3.63) is 65.4 Å². The van der Waals surface area contributed by atoms with Crippen LogP contribution >= 0.6 is 11.6 Å². The fraction of sp³-hybridized carbons (Fsp3) is 0.0714. The molecule has 0 unspecified atom stereocenters. The number of anilines is 1. The molecule has 0 radical (unpaired) electrons. The zero-order chi connectivity index (χ0) is 13.8. The van der Waals surface area contributed by atoms with E-state index >= 15 is 0 Å². The number of benzene rings is 2. The van der Waals surface area contributed by atoms with Gasteiger partial charge in [-0.15, -0.1) is 5.10 Å². The minimum atomic E-state index is 0.531. The Labute approximate surface area is 121 Å². The van der Waals surface area contributed by atoms with Crippen LogP contribution in [0, 0.1) is 0 Å². The minimum Gasteiger partial charge on any atom is -0.378 e. The molecule has 3 aromatic rings. The maximum absolute atomic E-state index is 5.85. The average Bonchev–Trinajstić information content (AvgIpc) is 2.96. The highest BCUT2D eigenvalue weighted by atomic mass is 35.5. The molecule has 3 rings (SSSR count). The molecule has 1 N–H and O–H groups in total. The maximum Gasteiger partial charge on any atom is 0.175 e. The molecule has 0 spiro atoms. The molecule has 100 valence electrons. The number of halogens is 1. The van der Waals surface area contributed by atoms with E-state index in [0.29, 0.717) is 11.6 Å². The minimum absolute atomic E-state index is 0.531. The predicted octanol–water partition coefficient (Wildman–Crippen LogP) is 2.93. The van der Waals surface area contributed by atoms with Crippen LogP contribution in [0.1, 0.15) is 5.82 Å². The van der Waals surface area contributed by atoms with Crippen LogP contribution in [0.5, 0.6) is 0 Å². The Morgan fingerprint density at radius 2 is 1.75 bits per heavy atom. The van der Waals surface area contributed by atoms with Crippen LogP contribution in [0.4, 0.5) is 5.69 Å². The third-order valence-electron chi connectivity index (χ3n) is 2.83. The second-order valence-electron chi connectivity index (χ2n) is 4.20. The Bertz CT molecular complexity index is 678. The number of hydrogen-bond donors (Lipinski definition) is 1. The Kier molecular flexibility index (Phi) is 3.60. The van der Waals surface area contributed by atoms with Gasteiger partial charge in [0.2, 0.25) is 0 Å². The molecule has 6 heteroatoms. The van der Waals surface area contributed by atoms with Crippen LogP contribution in [0.3, 0.4) is 0 Å². The highest BCUT2D eigenvalue weighted by molar-refractivity contribution is 6.30. The number of nitrogens with one attached hydrogen (secondary N) is 1. The van der Waals surface area contributed by atoms with Gasteiger partial charge in [0.05, 0.1) is 12.2 Å². The van der Waals surface area contributed by atoms with Crippen molar-refractivity contribution in [2.24, 2.45) is 0 Å². The first-order chi connectivity index (χ1) is 9.83. The Morgan fingerprint density at radius 3 is 2.50 bits per heavy atom. The van der Waals surface area contributed by atoms with Crippen molar-refractivity contribution in [2.45, 2.75) is 6.54 Å². The quantitative estimate of drug-likeness (QED) is 0.801. The van der Waals surface area contributed by atoms with Crippen LogP contribution < -0.4 is 5.32 Å².